The number of amidine groups is 1. The molecule has 4 heterocycles. The molecule has 0 fully saturated rings. The Morgan fingerprint density at radius 3 is 1.91 bits per heavy atom. The highest BCUT2D eigenvalue weighted by Gasteiger charge is 2.23. The summed E-state index contributed by atoms with van der Waals surface area (Å²) in [6.45, 7) is 0. The first kappa shape index (κ1) is 30.4. The van der Waals surface area contributed by atoms with Crippen molar-refractivity contribution in [2.45, 2.75) is 6.04 Å². The van der Waals surface area contributed by atoms with Crippen LogP contribution in [0.4, 0.5) is 0 Å². The number of hydrogen-bond donors (Lipinski definition) is 1. The second-order valence-electron chi connectivity index (χ2n) is 13.8. The summed E-state index contributed by atoms with van der Waals surface area (Å²) in [6.07, 6.45) is 2.22. The molecule has 54 heavy (non-hydrogen) atoms. The van der Waals surface area contributed by atoms with Crippen LogP contribution in [0, 0.1) is 0 Å². The molecule has 3 aromatic heterocycles. The SMILES string of the molecule is C1=C(c2ccc3oc4c5ccccc5nc(-c5ccccc5)c4c3c2)N=C(c2ccc(-n3c4ccccc4c4ccccc43)cc2)NC1c1ccccc1. The van der Waals surface area contributed by atoms with Crippen molar-refractivity contribution in [1.82, 2.24) is 14.9 Å². The van der Waals surface area contributed by atoms with Crippen LogP contribution in [0.1, 0.15) is 22.7 Å². The van der Waals surface area contributed by atoms with Gasteiger partial charge in [0.05, 0.1) is 39.4 Å². The zero-order valence-corrected chi connectivity index (χ0v) is 29.1. The van der Waals surface area contributed by atoms with Gasteiger partial charge in [0, 0.05) is 43.9 Å². The monoisotopic (exact) mass is 692 g/mol. The number of rotatable bonds is 5. The van der Waals surface area contributed by atoms with Crippen LogP contribution in [0.5, 0.6) is 0 Å². The minimum absolute atomic E-state index is 0.0759. The van der Waals surface area contributed by atoms with Crippen molar-refractivity contribution in [3.8, 4) is 16.9 Å². The summed E-state index contributed by atoms with van der Waals surface area (Å²) < 4.78 is 8.98. The number of para-hydroxylation sites is 3. The molecule has 1 N–H and O–H groups in total. The molecule has 1 atom stereocenters. The van der Waals surface area contributed by atoms with E-state index >= 15 is 0 Å². The van der Waals surface area contributed by atoms with Crippen molar-refractivity contribution in [3.63, 3.8) is 0 Å². The fraction of sp³-hybridized carbons (Fsp3) is 0.0204. The van der Waals surface area contributed by atoms with Crippen LogP contribution in [-0.4, -0.2) is 15.4 Å². The van der Waals surface area contributed by atoms with Gasteiger partial charge >= 0.3 is 0 Å². The van der Waals surface area contributed by atoms with Crippen LogP contribution < -0.4 is 5.32 Å². The Hall–Kier alpha value is -7.24. The summed E-state index contributed by atoms with van der Waals surface area (Å²) in [5.74, 6) is 0.824. The average Bonchev–Trinajstić information content (AvgIpc) is 3.80. The summed E-state index contributed by atoms with van der Waals surface area (Å²) in [5, 5.41) is 9.27. The van der Waals surface area contributed by atoms with Crippen LogP contribution in [0.25, 0.3) is 77.3 Å². The lowest BCUT2D eigenvalue weighted by atomic mass is 9.98. The third-order valence-corrected chi connectivity index (χ3v) is 10.6. The second-order valence-corrected chi connectivity index (χ2v) is 13.8. The molecule has 0 amide bonds. The molecular formula is C49H32N4O. The van der Waals surface area contributed by atoms with Crippen molar-refractivity contribution < 1.29 is 4.42 Å². The number of nitrogens with zero attached hydrogens (tertiary/aromatic N) is 3. The molecule has 0 saturated heterocycles. The van der Waals surface area contributed by atoms with Crippen LogP contribution in [-0.2, 0) is 0 Å². The van der Waals surface area contributed by atoms with Crippen molar-refractivity contribution in [1.29, 1.82) is 0 Å². The molecule has 0 saturated carbocycles. The average molecular weight is 693 g/mol. The smallest absolute Gasteiger partial charge is 0.147 e. The van der Waals surface area contributed by atoms with E-state index in [4.69, 9.17) is 14.4 Å². The van der Waals surface area contributed by atoms with Gasteiger partial charge in [-0.25, -0.2) is 9.98 Å². The minimum atomic E-state index is -0.0759. The molecule has 7 aromatic carbocycles. The number of aromatic nitrogens is 2. The molecule has 1 unspecified atom stereocenters. The fourth-order valence-corrected chi connectivity index (χ4v) is 8.08. The highest BCUT2D eigenvalue weighted by atomic mass is 16.3. The van der Waals surface area contributed by atoms with Gasteiger partial charge < -0.3 is 14.3 Å². The van der Waals surface area contributed by atoms with E-state index in [1.807, 2.05) is 18.2 Å². The first-order valence-corrected chi connectivity index (χ1v) is 18.3. The van der Waals surface area contributed by atoms with E-state index in [2.05, 4.69) is 174 Å². The van der Waals surface area contributed by atoms with Gasteiger partial charge in [0.1, 0.15) is 17.0 Å². The van der Waals surface area contributed by atoms with Gasteiger partial charge in [-0.1, -0.05) is 109 Å². The standard InChI is InChI=1S/C49H32N4O/c1-3-13-31(14-4-1)41-30-42(52-49(51-41)33-23-26-35(27-24-33)53-43-21-11-8-17-36(43)37-18-9-12-22-44(37)53)34-25-28-45-39(29-34)46-47(32-15-5-2-6-16-32)50-40-20-10-7-19-38(40)48(46)54-45/h1-30,41H,(H,51,52). The van der Waals surface area contributed by atoms with E-state index in [-0.39, 0.29) is 6.04 Å². The molecular weight excluding hydrogens is 661 g/mol. The molecule has 10 aromatic rings. The summed E-state index contributed by atoms with van der Waals surface area (Å²) in [6, 6.07) is 61.4. The summed E-state index contributed by atoms with van der Waals surface area (Å²) >= 11 is 0. The van der Waals surface area contributed by atoms with E-state index in [0.717, 1.165) is 72.4 Å². The van der Waals surface area contributed by atoms with Crippen molar-refractivity contribution >= 4 is 66.2 Å². The molecule has 1 aliphatic rings. The van der Waals surface area contributed by atoms with Crippen LogP contribution in [0.2, 0.25) is 0 Å². The maximum atomic E-state index is 6.64. The Balaban J connectivity index is 1.06. The van der Waals surface area contributed by atoms with E-state index in [1.165, 1.54) is 27.4 Å². The molecule has 5 heteroatoms. The number of aliphatic imine (C=N–C) groups is 1. The van der Waals surface area contributed by atoms with Gasteiger partial charge in [-0.15, -0.1) is 0 Å². The Bertz CT molecular complexity index is 3060. The molecule has 1 aliphatic heterocycles. The number of pyridine rings is 1. The topological polar surface area (TPSA) is 55.4 Å². The van der Waals surface area contributed by atoms with E-state index in [1.54, 1.807) is 0 Å². The number of fused-ring (bicyclic) bond motifs is 8. The maximum absolute atomic E-state index is 6.64. The first-order chi connectivity index (χ1) is 26.8. The Morgan fingerprint density at radius 1 is 0.537 bits per heavy atom. The van der Waals surface area contributed by atoms with E-state index < -0.39 is 0 Å². The van der Waals surface area contributed by atoms with E-state index in [9.17, 15) is 0 Å². The third-order valence-electron chi connectivity index (χ3n) is 10.6. The van der Waals surface area contributed by atoms with Crippen LogP contribution in [0.3, 0.4) is 0 Å². The molecule has 0 bridgehead atoms. The highest BCUT2D eigenvalue weighted by Crippen LogP contribution is 2.41. The third kappa shape index (κ3) is 4.86. The Kier molecular flexibility index (Phi) is 6.85. The number of benzene rings is 7. The van der Waals surface area contributed by atoms with Crippen molar-refractivity contribution in [2.24, 2.45) is 4.99 Å². The summed E-state index contributed by atoms with van der Waals surface area (Å²) in [4.78, 5) is 10.5. The predicted octanol–water partition coefficient (Wildman–Crippen LogP) is 12.0. The van der Waals surface area contributed by atoms with Crippen molar-refractivity contribution in [2.75, 3.05) is 0 Å². The molecule has 254 valence electrons. The zero-order chi connectivity index (χ0) is 35.6. The van der Waals surface area contributed by atoms with Gasteiger partial charge in [-0.2, -0.15) is 0 Å². The minimum Gasteiger partial charge on any atom is -0.455 e. The van der Waals surface area contributed by atoms with Gasteiger partial charge in [0.15, 0.2) is 0 Å². The lowest BCUT2D eigenvalue weighted by Gasteiger charge is -2.24. The molecule has 0 aliphatic carbocycles. The Morgan fingerprint density at radius 2 is 1.17 bits per heavy atom. The van der Waals surface area contributed by atoms with Crippen LogP contribution in [0.15, 0.2) is 191 Å². The van der Waals surface area contributed by atoms with Gasteiger partial charge in [-0.3, -0.25) is 0 Å². The quantitative estimate of drug-likeness (QED) is 0.195. The first-order valence-electron chi connectivity index (χ1n) is 18.3. The number of nitrogens with one attached hydrogen (secondary N) is 1. The molecule has 0 radical (unpaired) electrons. The van der Waals surface area contributed by atoms with Gasteiger partial charge in [-0.05, 0) is 78.4 Å². The summed E-state index contributed by atoms with van der Waals surface area (Å²) in [7, 11) is 0. The second kappa shape index (κ2) is 12.2. The van der Waals surface area contributed by atoms with Gasteiger partial charge in [0.25, 0.3) is 0 Å². The van der Waals surface area contributed by atoms with E-state index in [0.29, 0.717) is 0 Å². The largest absolute Gasteiger partial charge is 0.455 e. The lowest BCUT2D eigenvalue weighted by molar-refractivity contribution is 0.672. The molecule has 11 rings (SSSR count). The zero-order valence-electron chi connectivity index (χ0n) is 29.1. The van der Waals surface area contributed by atoms with Crippen LogP contribution >= 0.6 is 0 Å². The fourth-order valence-electron chi connectivity index (χ4n) is 8.08. The normalized spacial score (nSPS) is 14.5. The van der Waals surface area contributed by atoms with Crippen molar-refractivity contribution in [3.05, 3.63) is 199 Å². The molecule has 0 spiro atoms. The maximum Gasteiger partial charge on any atom is 0.147 e. The number of hydrogen-bond acceptors (Lipinski definition) is 4. The van der Waals surface area contributed by atoms with Gasteiger partial charge in [0.2, 0.25) is 0 Å². The number of furan rings is 1. The predicted molar refractivity (Wildman–Crippen MR) is 222 cm³/mol. The Labute approximate surface area is 311 Å². The lowest BCUT2D eigenvalue weighted by Crippen LogP contribution is -2.31. The molecule has 5 nitrogen and oxygen atoms in total. The summed E-state index contributed by atoms with van der Waals surface area (Å²) in [5.41, 5.74) is 12.1. The highest BCUT2D eigenvalue weighted by molar-refractivity contribution is 6.19.